The van der Waals surface area contributed by atoms with Crippen LogP contribution in [0.15, 0.2) is 22.8 Å². The first-order valence-electron chi connectivity index (χ1n) is 5.15. The Bertz CT molecular complexity index is 635. The van der Waals surface area contributed by atoms with Gasteiger partial charge in [-0.25, -0.2) is 0 Å². The first kappa shape index (κ1) is 12.6. The molecule has 1 aromatic carbocycles. The highest BCUT2D eigenvalue weighted by atomic mass is 79.9. The number of nitro benzene ring substituents is 1. The molecule has 2 rings (SSSR count). The predicted octanol–water partition coefficient (Wildman–Crippen LogP) is 2.86. The molecule has 6 nitrogen and oxygen atoms in total. The minimum absolute atomic E-state index is 0.0118. The SMILES string of the molecule is O=C(O)CCc1c[nH]c2c([N+](=O)[O-])ccc(Br)c12. The molecule has 2 aromatic rings. The van der Waals surface area contributed by atoms with E-state index in [-0.39, 0.29) is 12.1 Å². The lowest BCUT2D eigenvalue weighted by atomic mass is 10.1. The molecule has 0 aliphatic heterocycles. The van der Waals surface area contributed by atoms with Crippen LogP contribution in [0.25, 0.3) is 10.9 Å². The number of H-pyrrole nitrogens is 1. The van der Waals surface area contributed by atoms with E-state index in [1.807, 2.05) is 0 Å². The van der Waals surface area contributed by atoms with Crippen LogP contribution in [0.5, 0.6) is 0 Å². The van der Waals surface area contributed by atoms with Crippen molar-refractivity contribution >= 4 is 38.5 Å². The zero-order valence-corrected chi connectivity index (χ0v) is 10.7. The Kier molecular flexibility index (Phi) is 3.33. The van der Waals surface area contributed by atoms with Crippen LogP contribution in [0.3, 0.4) is 0 Å². The third kappa shape index (κ3) is 2.21. The van der Waals surface area contributed by atoms with E-state index < -0.39 is 10.9 Å². The van der Waals surface area contributed by atoms with E-state index in [2.05, 4.69) is 20.9 Å². The van der Waals surface area contributed by atoms with Crippen LogP contribution < -0.4 is 0 Å². The molecule has 0 spiro atoms. The van der Waals surface area contributed by atoms with Gasteiger partial charge in [-0.2, -0.15) is 0 Å². The third-order valence-corrected chi connectivity index (χ3v) is 3.31. The average Bonchev–Trinajstić information content (AvgIpc) is 2.71. The molecule has 7 heteroatoms. The van der Waals surface area contributed by atoms with Crippen LogP contribution >= 0.6 is 15.9 Å². The Hall–Kier alpha value is -1.89. The third-order valence-electron chi connectivity index (χ3n) is 2.65. The molecule has 1 aromatic heterocycles. The molecular weight excluding hydrogens is 304 g/mol. The topological polar surface area (TPSA) is 96.2 Å². The zero-order valence-electron chi connectivity index (χ0n) is 9.14. The molecule has 94 valence electrons. The van der Waals surface area contributed by atoms with Gasteiger partial charge in [0, 0.05) is 28.5 Å². The van der Waals surface area contributed by atoms with Gasteiger partial charge in [-0.15, -0.1) is 0 Å². The van der Waals surface area contributed by atoms with E-state index in [0.29, 0.717) is 21.8 Å². The van der Waals surface area contributed by atoms with Crippen LogP contribution in [-0.4, -0.2) is 21.0 Å². The second-order valence-electron chi connectivity index (χ2n) is 3.78. The predicted molar refractivity (Wildman–Crippen MR) is 68.6 cm³/mol. The van der Waals surface area contributed by atoms with E-state index >= 15 is 0 Å². The number of non-ortho nitro benzene ring substituents is 1. The number of carbonyl (C=O) groups is 1. The summed E-state index contributed by atoms with van der Waals surface area (Å²) in [6, 6.07) is 3.00. The Balaban J connectivity index is 2.54. The molecule has 2 N–H and O–H groups in total. The largest absolute Gasteiger partial charge is 0.481 e. The summed E-state index contributed by atoms with van der Waals surface area (Å²) in [5.74, 6) is -0.897. The van der Waals surface area contributed by atoms with E-state index in [1.165, 1.54) is 6.07 Å². The highest BCUT2D eigenvalue weighted by molar-refractivity contribution is 9.10. The molecule has 0 bridgehead atoms. The first-order chi connectivity index (χ1) is 8.50. The van der Waals surface area contributed by atoms with Crippen LogP contribution in [0.2, 0.25) is 0 Å². The zero-order chi connectivity index (χ0) is 13.3. The summed E-state index contributed by atoms with van der Waals surface area (Å²) in [4.78, 5) is 23.8. The molecule has 0 aliphatic rings. The van der Waals surface area contributed by atoms with Crippen molar-refractivity contribution in [3.63, 3.8) is 0 Å². The summed E-state index contributed by atoms with van der Waals surface area (Å²) in [6.07, 6.45) is 1.93. The van der Waals surface area contributed by atoms with Crippen LogP contribution in [0, 0.1) is 10.1 Å². The van der Waals surface area contributed by atoms with Gasteiger partial charge in [0.1, 0.15) is 5.52 Å². The van der Waals surface area contributed by atoms with Crippen molar-refractivity contribution in [3.8, 4) is 0 Å². The standard InChI is InChI=1S/C11H9BrN2O4/c12-7-2-3-8(14(17)18)11-10(7)6(5-13-11)1-4-9(15)16/h2-3,5,13H,1,4H2,(H,15,16). The summed E-state index contributed by atoms with van der Waals surface area (Å²) in [5.41, 5.74) is 1.15. The van der Waals surface area contributed by atoms with Crippen molar-refractivity contribution in [1.29, 1.82) is 0 Å². The normalized spacial score (nSPS) is 10.7. The summed E-state index contributed by atoms with van der Waals surface area (Å²) in [6.45, 7) is 0. The molecule has 0 fully saturated rings. The molecule has 0 unspecified atom stereocenters. The number of aliphatic carboxylic acids is 1. The van der Waals surface area contributed by atoms with Gasteiger partial charge in [0.15, 0.2) is 0 Å². The molecule has 1 heterocycles. The van der Waals surface area contributed by atoms with E-state index in [9.17, 15) is 14.9 Å². The second-order valence-corrected chi connectivity index (χ2v) is 4.64. The number of aromatic amines is 1. The van der Waals surface area contributed by atoms with E-state index in [0.717, 1.165) is 5.56 Å². The number of halogens is 1. The molecule has 0 saturated heterocycles. The minimum Gasteiger partial charge on any atom is -0.481 e. The van der Waals surface area contributed by atoms with Gasteiger partial charge in [-0.3, -0.25) is 14.9 Å². The molecule has 0 atom stereocenters. The van der Waals surface area contributed by atoms with Crippen molar-refractivity contribution in [2.45, 2.75) is 12.8 Å². The van der Waals surface area contributed by atoms with Crippen molar-refractivity contribution < 1.29 is 14.8 Å². The summed E-state index contributed by atoms with van der Waals surface area (Å²) < 4.78 is 0.713. The lowest BCUT2D eigenvalue weighted by Gasteiger charge is -2.00. The number of nitro groups is 1. The molecule has 0 aliphatic carbocycles. The number of benzene rings is 1. The smallest absolute Gasteiger partial charge is 0.303 e. The van der Waals surface area contributed by atoms with Gasteiger partial charge in [0.05, 0.1) is 4.92 Å². The number of carboxylic acids is 1. The fraction of sp³-hybridized carbons (Fsp3) is 0.182. The maximum Gasteiger partial charge on any atom is 0.303 e. The number of aryl methyl sites for hydroxylation is 1. The average molecular weight is 313 g/mol. The number of hydrogen-bond acceptors (Lipinski definition) is 3. The quantitative estimate of drug-likeness (QED) is 0.670. The Morgan fingerprint density at radius 2 is 2.22 bits per heavy atom. The first-order valence-corrected chi connectivity index (χ1v) is 5.94. The van der Waals surface area contributed by atoms with Gasteiger partial charge in [0.2, 0.25) is 0 Å². The van der Waals surface area contributed by atoms with Crippen molar-refractivity contribution in [1.82, 2.24) is 4.98 Å². The summed E-state index contributed by atoms with van der Waals surface area (Å²) in [7, 11) is 0. The molecule has 0 amide bonds. The lowest BCUT2D eigenvalue weighted by molar-refractivity contribution is -0.383. The highest BCUT2D eigenvalue weighted by Gasteiger charge is 2.18. The molecule has 0 radical (unpaired) electrons. The maximum absolute atomic E-state index is 10.9. The Labute approximate surface area is 110 Å². The lowest BCUT2D eigenvalue weighted by Crippen LogP contribution is -1.97. The van der Waals surface area contributed by atoms with Gasteiger partial charge in [-0.1, -0.05) is 15.9 Å². The number of fused-ring (bicyclic) bond motifs is 1. The summed E-state index contributed by atoms with van der Waals surface area (Å²) >= 11 is 3.33. The fourth-order valence-corrected chi connectivity index (χ4v) is 2.43. The number of nitrogens with zero attached hydrogens (tertiary/aromatic N) is 1. The van der Waals surface area contributed by atoms with Crippen LogP contribution in [0.4, 0.5) is 5.69 Å². The number of rotatable bonds is 4. The number of nitrogens with one attached hydrogen (secondary N) is 1. The van der Waals surface area contributed by atoms with E-state index in [1.54, 1.807) is 12.3 Å². The second kappa shape index (κ2) is 4.77. The van der Waals surface area contributed by atoms with E-state index in [4.69, 9.17) is 5.11 Å². The minimum atomic E-state index is -0.897. The Morgan fingerprint density at radius 1 is 1.50 bits per heavy atom. The van der Waals surface area contributed by atoms with Gasteiger partial charge in [-0.05, 0) is 18.1 Å². The fourth-order valence-electron chi connectivity index (χ4n) is 1.85. The highest BCUT2D eigenvalue weighted by Crippen LogP contribution is 2.33. The number of carboxylic acid groups (broad SMARTS) is 1. The summed E-state index contributed by atoms with van der Waals surface area (Å²) in [5, 5.41) is 20.2. The van der Waals surface area contributed by atoms with Crippen LogP contribution in [-0.2, 0) is 11.2 Å². The number of aromatic nitrogens is 1. The van der Waals surface area contributed by atoms with Crippen molar-refractivity contribution in [2.75, 3.05) is 0 Å². The van der Waals surface area contributed by atoms with Crippen LogP contribution in [0.1, 0.15) is 12.0 Å². The van der Waals surface area contributed by atoms with Gasteiger partial charge in [0.25, 0.3) is 5.69 Å². The van der Waals surface area contributed by atoms with Gasteiger partial charge < -0.3 is 10.1 Å². The molecule has 18 heavy (non-hydrogen) atoms. The molecule has 0 saturated carbocycles. The maximum atomic E-state index is 10.9. The van der Waals surface area contributed by atoms with Crippen molar-refractivity contribution in [3.05, 3.63) is 38.5 Å². The number of hydrogen-bond donors (Lipinski definition) is 2. The van der Waals surface area contributed by atoms with Crippen molar-refractivity contribution in [2.24, 2.45) is 0 Å². The molecular formula is C11H9BrN2O4. The Morgan fingerprint density at radius 3 is 2.83 bits per heavy atom. The monoisotopic (exact) mass is 312 g/mol. The van der Waals surface area contributed by atoms with Gasteiger partial charge >= 0.3 is 5.97 Å².